The summed E-state index contributed by atoms with van der Waals surface area (Å²) in [6, 6.07) is 2.33. The molecule has 1 aromatic rings. The van der Waals surface area contributed by atoms with Crippen LogP contribution in [-0.4, -0.2) is 98.2 Å². The average Bonchev–Trinajstić information content (AvgIpc) is 3.14. The summed E-state index contributed by atoms with van der Waals surface area (Å²) in [5, 5.41) is 0. The number of ether oxygens (including phenoxy) is 1. The van der Waals surface area contributed by atoms with Crippen LogP contribution in [0.15, 0.2) is 18.3 Å². The number of sulfonamides is 1. The second kappa shape index (κ2) is 9.25. The van der Waals surface area contributed by atoms with E-state index in [0.29, 0.717) is 39.1 Å². The van der Waals surface area contributed by atoms with Crippen molar-refractivity contribution >= 4 is 15.9 Å². The Bertz CT molecular complexity index is 786. The molecule has 1 atom stereocenters. The first-order valence-electron chi connectivity index (χ1n) is 9.53. The Morgan fingerprint density at radius 3 is 2.79 bits per heavy atom. The topological polar surface area (TPSA) is 83.1 Å². The molecule has 2 fully saturated rings. The number of morpholine rings is 1. The number of pyridine rings is 1. The van der Waals surface area contributed by atoms with Gasteiger partial charge in [0.25, 0.3) is 5.91 Å². The third-order valence-corrected chi connectivity index (χ3v) is 6.53. The second-order valence-corrected chi connectivity index (χ2v) is 9.14. The zero-order valence-corrected chi connectivity index (χ0v) is 16.9. The highest BCUT2D eigenvalue weighted by molar-refractivity contribution is 7.88. The number of aromatic nitrogens is 1. The van der Waals surface area contributed by atoms with Gasteiger partial charge in [0, 0.05) is 45.0 Å². The zero-order chi connectivity index (χ0) is 20.1. The maximum atomic E-state index is 13.9. The Labute approximate surface area is 165 Å². The molecule has 28 heavy (non-hydrogen) atoms. The molecule has 1 aromatic heterocycles. The summed E-state index contributed by atoms with van der Waals surface area (Å²) in [5.74, 6) is -1.16. The fourth-order valence-electron chi connectivity index (χ4n) is 3.75. The van der Waals surface area contributed by atoms with E-state index in [9.17, 15) is 17.6 Å². The van der Waals surface area contributed by atoms with Crippen LogP contribution >= 0.6 is 0 Å². The first-order chi connectivity index (χ1) is 13.4. The van der Waals surface area contributed by atoms with Crippen LogP contribution in [-0.2, 0) is 14.8 Å². The Morgan fingerprint density at radius 1 is 1.36 bits per heavy atom. The predicted molar refractivity (Wildman–Crippen MR) is 102 cm³/mol. The van der Waals surface area contributed by atoms with Crippen LogP contribution in [0.3, 0.4) is 0 Å². The van der Waals surface area contributed by atoms with Crippen LogP contribution in [0.4, 0.5) is 4.39 Å². The quantitative estimate of drug-likeness (QED) is 0.643. The first kappa shape index (κ1) is 21.1. The van der Waals surface area contributed by atoms with Crippen LogP contribution in [0.25, 0.3) is 0 Å². The minimum atomic E-state index is -3.41. The lowest BCUT2D eigenvalue weighted by atomic mass is 10.2. The van der Waals surface area contributed by atoms with E-state index in [1.54, 1.807) is 0 Å². The van der Waals surface area contributed by atoms with Gasteiger partial charge in [0.2, 0.25) is 10.0 Å². The lowest BCUT2D eigenvalue weighted by Gasteiger charge is -2.30. The van der Waals surface area contributed by atoms with Crippen LogP contribution < -0.4 is 0 Å². The molecule has 1 amide bonds. The Hall–Kier alpha value is -1.62. The lowest BCUT2D eigenvalue weighted by molar-refractivity contribution is 0.0366. The number of carbonyl (C=O) groups is 1. The third-order valence-electron chi connectivity index (χ3n) is 5.20. The van der Waals surface area contributed by atoms with Crippen molar-refractivity contribution in [2.24, 2.45) is 0 Å². The molecule has 156 valence electrons. The monoisotopic (exact) mass is 414 g/mol. The molecule has 3 rings (SSSR count). The van der Waals surface area contributed by atoms with Crippen molar-refractivity contribution in [2.45, 2.75) is 18.9 Å². The van der Waals surface area contributed by atoms with Crippen LogP contribution in [0.2, 0.25) is 0 Å². The number of hydrogen-bond donors (Lipinski definition) is 0. The minimum absolute atomic E-state index is 0.221. The van der Waals surface area contributed by atoms with Gasteiger partial charge in [-0.1, -0.05) is 0 Å². The molecule has 2 aliphatic heterocycles. The van der Waals surface area contributed by atoms with E-state index in [2.05, 4.69) is 9.88 Å². The Morgan fingerprint density at radius 2 is 2.11 bits per heavy atom. The smallest absolute Gasteiger partial charge is 0.275 e. The van der Waals surface area contributed by atoms with Crippen molar-refractivity contribution in [3.8, 4) is 0 Å². The number of rotatable bonds is 7. The van der Waals surface area contributed by atoms with Crippen molar-refractivity contribution in [1.29, 1.82) is 0 Å². The van der Waals surface area contributed by atoms with Gasteiger partial charge in [-0.25, -0.2) is 17.8 Å². The molecule has 0 spiro atoms. The highest BCUT2D eigenvalue weighted by Crippen LogP contribution is 2.21. The van der Waals surface area contributed by atoms with Crippen molar-refractivity contribution < 1.29 is 22.3 Å². The van der Waals surface area contributed by atoms with Gasteiger partial charge in [-0.2, -0.15) is 4.31 Å². The molecular weight excluding hydrogens is 387 g/mol. The fourth-order valence-corrected chi connectivity index (χ4v) is 4.92. The summed E-state index contributed by atoms with van der Waals surface area (Å²) < 4.78 is 45.3. The van der Waals surface area contributed by atoms with E-state index < -0.39 is 21.7 Å². The molecule has 0 saturated carbocycles. The fraction of sp³-hybridized carbons (Fsp3) is 0.667. The molecule has 8 nitrogen and oxygen atoms in total. The second-order valence-electron chi connectivity index (χ2n) is 7.21. The molecule has 0 aliphatic carbocycles. The third kappa shape index (κ3) is 5.25. The lowest BCUT2D eigenvalue weighted by Crippen LogP contribution is -2.44. The molecule has 0 bridgehead atoms. The molecule has 0 N–H and O–H groups in total. The van der Waals surface area contributed by atoms with E-state index in [1.165, 1.54) is 33.8 Å². The molecule has 2 saturated heterocycles. The highest BCUT2D eigenvalue weighted by Gasteiger charge is 2.35. The standard InChI is InChI=1S/C18H27FN4O4S/c1-28(25,26)23(8-3-7-21-10-12-27-13-11-21)15-5-9-22(14-15)18(24)17-16(19)4-2-6-20-17/h2,4,6,15H,3,5,7-14H2,1H3. The van der Waals surface area contributed by atoms with Crippen molar-refractivity contribution in [3.05, 3.63) is 29.8 Å². The summed E-state index contributed by atoms with van der Waals surface area (Å²) in [5.41, 5.74) is -0.221. The van der Waals surface area contributed by atoms with Gasteiger partial charge in [0.1, 0.15) is 0 Å². The van der Waals surface area contributed by atoms with Gasteiger partial charge in [-0.15, -0.1) is 0 Å². The molecule has 0 aromatic carbocycles. The summed E-state index contributed by atoms with van der Waals surface area (Å²) in [7, 11) is -3.41. The number of halogens is 1. The summed E-state index contributed by atoms with van der Waals surface area (Å²) >= 11 is 0. The van der Waals surface area contributed by atoms with E-state index in [1.807, 2.05) is 0 Å². The summed E-state index contributed by atoms with van der Waals surface area (Å²) in [4.78, 5) is 20.1. The number of hydrogen-bond acceptors (Lipinski definition) is 6. The molecule has 3 heterocycles. The van der Waals surface area contributed by atoms with Crippen LogP contribution in [0, 0.1) is 5.82 Å². The maximum Gasteiger partial charge on any atom is 0.275 e. The Kier molecular flexibility index (Phi) is 6.97. The largest absolute Gasteiger partial charge is 0.379 e. The maximum absolute atomic E-state index is 13.9. The summed E-state index contributed by atoms with van der Waals surface area (Å²) in [6.07, 6.45) is 3.82. The van der Waals surface area contributed by atoms with Crippen molar-refractivity contribution in [2.75, 3.05) is 58.7 Å². The highest BCUT2D eigenvalue weighted by atomic mass is 32.2. The zero-order valence-electron chi connectivity index (χ0n) is 16.1. The van der Waals surface area contributed by atoms with E-state index in [-0.39, 0.29) is 18.3 Å². The molecule has 10 heteroatoms. The van der Waals surface area contributed by atoms with Gasteiger partial charge in [-0.05, 0) is 31.5 Å². The molecule has 0 radical (unpaired) electrons. The van der Waals surface area contributed by atoms with Crippen molar-refractivity contribution in [3.63, 3.8) is 0 Å². The van der Waals surface area contributed by atoms with Gasteiger partial charge in [0.05, 0.1) is 19.5 Å². The number of nitrogens with zero attached hydrogens (tertiary/aromatic N) is 4. The normalized spacial score (nSPS) is 21.4. The minimum Gasteiger partial charge on any atom is -0.379 e. The first-order valence-corrected chi connectivity index (χ1v) is 11.4. The van der Waals surface area contributed by atoms with Gasteiger partial charge >= 0.3 is 0 Å². The van der Waals surface area contributed by atoms with E-state index >= 15 is 0 Å². The molecule has 1 unspecified atom stereocenters. The van der Waals surface area contributed by atoms with Gasteiger partial charge < -0.3 is 9.64 Å². The molecule has 2 aliphatic rings. The number of amides is 1. The predicted octanol–water partition coefficient (Wildman–Crippen LogP) is 0.419. The Balaban J connectivity index is 1.59. The number of likely N-dealkylation sites (tertiary alicyclic amines) is 1. The van der Waals surface area contributed by atoms with Gasteiger partial charge in [-0.3, -0.25) is 9.69 Å². The SMILES string of the molecule is CS(=O)(=O)N(CCCN1CCOCC1)C1CCN(C(=O)c2ncccc2F)C1. The van der Waals surface area contributed by atoms with Gasteiger partial charge in [0.15, 0.2) is 11.5 Å². The number of carbonyl (C=O) groups excluding carboxylic acids is 1. The van der Waals surface area contributed by atoms with Crippen molar-refractivity contribution in [1.82, 2.24) is 19.1 Å². The van der Waals surface area contributed by atoms with Crippen LogP contribution in [0.5, 0.6) is 0 Å². The van der Waals surface area contributed by atoms with Crippen LogP contribution in [0.1, 0.15) is 23.3 Å². The van der Waals surface area contributed by atoms with E-state index in [0.717, 1.165) is 19.6 Å². The van der Waals surface area contributed by atoms with E-state index in [4.69, 9.17) is 4.74 Å². The summed E-state index contributed by atoms with van der Waals surface area (Å²) in [6.45, 7) is 4.98. The molecular formula is C18H27FN4O4S. The average molecular weight is 415 g/mol.